The largest absolute Gasteiger partial charge is 0.325 e. The molecule has 2 heterocycles. The maximum atomic E-state index is 12.8. The zero-order valence-corrected chi connectivity index (χ0v) is 13.5. The molecule has 3 rings (SSSR count). The van der Waals surface area contributed by atoms with E-state index in [9.17, 15) is 9.59 Å². The molecular weight excluding hydrogens is 304 g/mol. The number of hydrogen-bond acceptors (Lipinski definition) is 4. The zero-order valence-electron chi connectivity index (χ0n) is 13.5. The normalized spacial score (nSPS) is 14.7. The number of nitrogens with one attached hydrogen (secondary N) is 1. The topological polar surface area (TPSA) is 88.3 Å². The zero-order chi connectivity index (χ0) is 17.1. The van der Waals surface area contributed by atoms with Gasteiger partial charge in [0.15, 0.2) is 0 Å². The lowest BCUT2D eigenvalue weighted by molar-refractivity contribution is -0.117. The molecular formula is C18H20N4O2. The third-order valence-electron chi connectivity index (χ3n) is 4.04. The number of hydrogen-bond donors (Lipinski definition) is 2. The third kappa shape index (κ3) is 3.28. The first-order valence-electron chi connectivity index (χ1n) is 7.97. The minimum atomic E-state index is -0.589. The number of pyridine rings is 1. The Kier molecular flexibility index (Phi) is 4.57. The van der Waals surface area contributed by atoms with Crippen LogP contribution in [0.3, 0.4) is 0 Å². The number of amides is 2. The van der Waals surface area contributed by atoms with Gasteiger partial charge in [-0.3, -0.25) is 14.6 Å². The van der Waals surface area contributed by atoms with E-state index in [1.807, 2.05) is 18.2 Å². The number of aromatic nitrogens is 1. The molecule has 3 N–H and O–H groups in total. The quantitative estimate of drug-likeness (QED) is 0.903. The summed E-state index contributed by atoms with van der Waals surface area (Å²) in [6.07, 6.45) is 5.03. The van der Waals surface area contributed by atoms with Gasteiger partial charge in [0, 0.05) is 30.3 Å². The summed E-state index contributed by atoms with van der Waals surface area (Å²) in [6.45, 7) is 2.28. The van der Waals surface area contributed by atoms with E-state index in [1.165, 1.54) is 0 Å². The number of rotatable bonds is 3. The van der Waals surface area contributed by atoms with Gasteiger partial charge in [-0.1, -0.05) is 6.07 Å². The van der Waals surface area contributed by atoms with Crippen LogP contribution in [0.4, 0.5) is 11.4 Å². The molecule has 124 valence electrons. The molecule has 0 saturated heterocycles. The SMILES string of the molecule is C[C@H](N)C(=O)Nc1ccc2c(c1)N(C(=O)c1cccnc1)CCC2. The molecule has 24 heavy (non-hydrogen) atoms. The number of nitrogens with two attached hydrogens (primary N) is 1. The molecule has 1 aliphatic rings. The van der Waals surface area contributed by atoms with Crippen LogP contribution in [0.25, 0.3) is 0 Å². The molecule has 6 nitrogen and oxygen atoms in total. The van der Waals surface area contributed by atoms with Crippen molar-refractivity contribution in [2.75, 3.05) is 16.8 Å². The predicted octanol–water partition coefficient (Wildman–Crippen LogP) is 1.96. The highest BCUT2D eigenvalue weighted by Gasteiger charge is 2.24. The van der Waals surface area contributed by atoms with Crippen LogP contribution >= 0.6 is 0 Å². The summed E-state index contributed by atoms with van der Waals surface area (Å²) in [5.41, 5.74) is 8.71. The van der Waals surface area contributed by atoms with Gasteiger partial charge in [0.25, 0.3) is 5.91 Å². The summed E-state index contributed by atoms with van der Waals surface area (Å²) in [5, 5.41) is 2.78. The van der Waals surface area contributed by atoms with Gasteiger partial charge >= 0.3 is 0 Å². The van der Waals surface area contributed by atoms with E-state index < -0.39 is 6.04 Å². The van der Waals surface area contributed by atoms with E-state index >= 15 is 0 Å². The number of carbonyl (C=O) groups excluding carboxylic acids is 2. The molecule has 0 unspecified atom stereocenters. The van der Waals surface area contributed by atoms with Gasteiger partial charge in [0.1, 0.15) is 0 Å². The van der Waals surface area contributed by atoms with E-state index in [0.717, 1.165) is 24.1 Å². The summed E-state index contributed by atoms with van der Waals surface area (Å²) in [4.78, 5) is 30.3. The maximum Gasteiger partial charge on any atom is 0.259 e. The van der Waals surface area contributed by atoms with Crippen LogP contribution < -0.4 is 16.0 Å². The number of benzene rings is 1. The fourth-order valence-corrected chi connectivity index (χ4v) is 2.76. The van der Waals surface area contributed by atoms with Gasteiger partial charge in [0.05, 0.1) is 11.6 Å². The standard InChI is InChI=1S/C18H20N4O2/c1-12(19)17(23)21-15-7-6-13-5-3-9-22(16(13)10-15)18(24)14-4-2-8-20-11-14/h2,4,6-8,10-12H,3,5,9,19H2,1H3,(H,21,23)/t12-/m0/s1. The summed E-state index contributed by atoms with van der Waals surface area (Å²) in [7, 11) is 0. The van der Waals surface area contributed by atoms with Crippen molar-refractivity contribution in [3.05, 3.63) is 53.9 Å². The third-order valence-corrected chi connectivity index (χ3v) is 4.04. The van der Waals surface area contributed by atoms with E-state index in [2.05, 4.69) is 10.3 Å². The van der Waals surface area contributed by atoms with E-state index in [0.29, 0.717) is 17.8 Å². The molecule has 0 aliphatic carbocycles. The van der Waals surface area contributed by atoms with Gasteiger partial charge < -0.3 is 16.0 Å². The molecule has 6 heteroatoms. The molecule has 0 saturated carbocycles. The van der Waals surface area contributed by atoms with Crippen molar-refractivity contribution >= 4 is 23.2 Å². The van der Waals surface area contributed by atoms with Crippen LogP contribution in [-0.2, 0) is 11.2 Å². The molecule has 0 spiro atoms. The minimum Gasteiger partial charge on any atom is -0.325 e. The van der Waals surface area contributed by atoms with Crippen LogP contribution in [0.1, 0.15) is 29.3 Å². The maximum absolute atomic E-state index is 12.8. The molecule has 1 aromatic heterocycles. The summed E-state index contributed by atoms with van der Waals surface area (Å²) in [6, 6.07) is 8.55. The number of carbonyl (C=O) groups is 2. The second-order valence-electron chi connectivity index (χ2n) is 5.92. The van der Waals surface area contributed by atoms with E-state index in [4.69, 9.17) is 5.73 Å². The van der Waals surface area contributed by atoms with Gasteiger partial charge in [0.2, 0.25) is 5.91 Å². The molecule has 1 atom stereocenters. The van der Waals surface area contributed by atoms with Gasteiger partial charge in [-0.05, 0) is 49.6 Å². The first kappa shape index (κ1) is 16.1. The lowest BCUT2D eigenvalue weighted by atomic mass is 10.00. The Labute approximate surface area is 140 Å². The molecule has 0 bridgehead atoms. The second-order valence-corrected chi connectivity index (χ2v) is 5.92. The van der Waals surface area contributed by atoms with Crippen molar-refractivity contribution < 1.29 is 9.59 Å². The van der Waals surface area contributed by atoms with Crippen molar-refractivity contribution in [2.24, 2.45) is 5.73 Å². The van der Waals surface area contributed by atoms with Crippen molar-refractivity contribution in [2.45, 2.75) is 25.8 Å². The number of aryl methyl sites for hydroxylation is 1. The van der Waals surface area contributed by atoms with Gasteiger partial charge in [-0.25, -0.2) is 0 Å². The lowest BCUT2D eigenvalue weighted by Crippen LogP contribution is -2.36. The highest BCUT2D eigenvalue weighted by Crippen LogP contribution is 2.31. The monoisotopic (exact) mass is 324 g/mol. The summed E-state index contributed by atoms with van der Waals surface area (Å²) < 4.78 is 0. The predicted molar refractivity (Wildman–Crippen MR) is 93.0 cm³/mol. The van der Waals surface area contributed by atoms with Crippen LogP contribution in [0.5, 0.6) is 0 Å². The molecule has 0 radical (unpaired) electrons. The lowest BCUT2D eigenvalue weighted by Gasteiger charge is -2.30. The first-order valence-corrected chi connectivity index (χ1v) is 7.97. The fourth-order valence-electron chi connectivity index (χ4n) is 2.76. The Balaban J connectivity index is 1.91. The molecule has 2 aromatic rings. The van der Waals surface area contributed by atoms with Crippen molar-refractivity contribution in [1.29, 1.82) is 0 Å². The Morgan fingerprint density at radius 3 is 2.88 bits per heavy atom. The van der Waals surface area contributed by atoms with Crippen molar-refractivity contribution in [3.8, 4) is 0 Å². The molecule has 1 aliphatic heterocycles. The summed E-state index contributed by atoms with van der Waals surface area (Å²) in [5.74, 6) is -0.337. The number of anilines is 2. The number of nitrogens with zero attached hydrogens (tertiary/aromatic N) is 2. The molecule has 1 aromatic carbocycles. The van der Waals surface area contributed by atoms with Crippen LogP contribution in [0.15, 0.2) is 42.7 Å². The second kappa shape index (κ2) is 6.80. The molecule has 0 fully saturated rings. The van der Waals surface area contributed by atoms with Gasteiger partial charge in [-0.2, -0.15) is 0 Å². The number of fused-ring (bicyclic) bond motifs is 1. The average Bonchev–Trinajstić information content (AvgIpc) is 2.61. The van der Waals surface area contributed by atoms with Crippen LogP contribution in [-0.4, -0.2) is 29.4 Å². The highest BCUT2D eigenvalue weighted by molar-refractivity contribution is 6.07. The Morgan fingerprint density at radius 1 is 1.33 bits per heavy atom. The van der Waals surface area contributed by atoms with Crippen molar-refractivity contribution in [1.82, 2.24) is 4.98 Å². The van der Waals surface area contributed by atoms with E-state index in [1.54, 1.807) is 36.4 Å². The van der Waals surface area contributed by atoms with Crippen LogP contribution in [0.2, 0.25) is 0 Å². The highest BCUT2D eigenvalue weighted by atomic mass is 16.2. The van der Waals surface area contributed by atoms with E-state index in [-0.39, 0.29) is 11.8 Å². The first-order chi connectivity index (χ1) is 11.6. The Bertz CT molecular complexity index is 759. The Hall–Kier alpha value is -2.73. The van der Waals surface area contributed by atoms with Gasteiger partial charge in [-0.15, -0.1) is 0 Å². The molecule has 2 amide bonds. The minimum absolute atomic E-state index is 0.0836. The van der Waals surface area contributed by atoms with Crippen LogP contribution in [0, 0.1) is 0 Å². The summed E-state index contributed by atoms with van der Waals surface area (Å²) >= 11 is 0. The average molecular weight is 324 g/mol. The smallest absolute Gasteiger partial charge is 0.259 e. The Morgan fingerprint density at radius 2 is 2.17 bits per heavy atom. The fraction of sp³-hybridized carbons (Fsp3) is 0.278. The van der Waals surface area contributed by atoms with Crippen molar-refractivity contribution in [3.63, 3.8) is 0 Å².